The molecule has 2 aromatic rings. The van der Waals surface area contributed by atoms with Crippen molar-refractivity contribution >= 4 is 5.91 Å². The van der Waals surface area contributed by atoms with Crippen molar-refractivity contribution in [2.45, 2.75) is 45.2 Å². The number of carbonyl (C=O) groups excluding carboxylic acids is 1. The molecular weight excluding hydrogens is 328 g/mol. The van der Waals surface area contributed by atoms with E-state index >= 15 is 0 Å². The van der Waals surface area contributed by atoms with E-state index in [4.69, 9.17) is 9.47 Å². The quantitative estimate of drug-likeness (QED) is 0.819. The molecule has 5 heteroatoms. The third kappa shape index (κ3) is 3.71. The Balaban J connectivity index is 1.80. The van der Waals surface area contributed by atoms with Gasteiger partial charge in [0.25, 0.3) is 0 Å². The van der Waals surface area contributed by atoms with Crippen molar-refractivity contribution in [1.29, 1.82) is 0 Å². The number of carbonyl (C=O) groups is 1. The first-order valence-corrected chi connectivity index (χ1v) is 9.21. The molecule has 1 heterocycles. The molecule has 0 spiro atoms. The molecule has 0 unspecified atom stereocenters. The van der Waals surface area contributed by atoms with Crippen LogP contribution in [0.2, 0.25) is 0 Å². The molecule has 1 amide bonds. The predicted octanol–water partition coefficient (Wildman–Crippen LogP) is 3.90. The summed E-state index contributed by atoms with van der Waals surface area (Å²) in [4.78, 5) is 13.0. The van der Waals surface area contributed by atoms with Crippen molar-refractivity contribution < 1.29 is 14.3 Å². The Morgan fingerprint density at radius 2 is 1.85 bits per heavy atom. The summed E-state index contributed by atoms with van der Waals surface area (Å²) in [6.45, 7) is 4.29. The van der Waals surface area contributed by atoms with Crippen molar-refractivity contribution in [3.8, 4) is 11.5 Å². The topological polar surface area (TPSA) is 52.5 Å². The summed E-state index contributed by atoms with van der Waals surface area (Å²) >= 11 is 0. The van der Waals surface area contributed by atoms with Crippen LogP contribution < -0.4 is 14.8 Å². The van der Waals surface area contributed by atoms with Gasteiger partial charge in [-0.2, -0.15) is 0 Å². The lowest BCUT2D eigenvalue weighted by Crippen LogP contribution is -2.35. The number of fused-ring (bicyclic) bond motifs is 1. The van der Waals surface area contributed by atoms with Gasteiger partial charge in [-0.05, 0) is 60.6 Å². The maximum absolute atomic E-state index is 13.0. The lowest BCUT2D eigenvalue weighted by Gasteiger charge is -2.23. The van der Waals surface area contributed by atoms with Crippen LogP contribution in [0.25, 0.3) is 0 Å². The lowest BCUT2D eigenvalue weighted by atomic mass is 10.0. The number of nitrogens with zero attached hydrogens (tertiary/aromatic N) is 1. The van der Waals surface area contributed by atoms with Crippen LogP contribution in [-0.4, -0.2) is 24.7 Å². The van der Waals surface area contributed by atoms with Crippen LogP contribution in [0.1, 0.15) is 49.9 Å². The number of hydrogen-bond donors (Lipinski definition) is 1. The van der Waals surface area contributed by atoms with Gasteiger partial charge in [0.15, 0.2) is 11.5 Å². The molecular formula is C21H28N2O3. The van der Waals surface area contributed by atoms with Crippen LogP contribution in [0, 0.1) is 5.92 Å². The smallest absolute Gasteiger partial charge is 0.243 e. The van der Waals surface area contributed by atoms with Crippen molar-refractivity contribution in [3.63, 3.8) is 0 Å². The Labute approximate surface area is 155 Å². The Bertz CT molecular complexity index is 753. The zero-order chi connectivity index (χ0) is 18.7. The van der Waals surface area contributed by atoms with Gasteiger partial charge in [0.1, 0.15) is 6.04 Å². The second kappa shape index (κ2) is 7.85. The minimum Gasteiger partial charge on any atom is -0.493 e. The molecule has 0 fully saturated rings. The number of rotatable bonds is 7. The summed E-state index contributed by atoms with van der Waals surface area (Å²) < 4.78 is 12.8. The third-order valence-corrected chi connectivity index (χ3v) is 5.02. The fraction of sp³-hybridized carbons (Fsp3) is 0.476. The van der Waals surface area contributed by atoms with E-state index in [0.29, 0.717) is 11.7 Å². The maximum atomic E-state index is 13.0. The van der Waals surface area contributed by atoms with Gasteiger partial charge >= 0.3 is 0 Å². The molecule has 1 aliphatic carbocycles. The molecule has 1 N–H and O–H groups in total. The largest absolute Gasteiger partial charge is 0.493 e. The van der Waals surface area contributed by atoms with Crippen LogP contribution >= 0.6 is 0 Å². The molecule has 0 aliphatic heterocycles. The summed E-state index contributed by atoms with van der Waals surface area (Å²) in [6.07, 6.45) is 6.56. The maximum Gasteiger partial charge on any atom is 0.243 e. The molecule has 2 atom stereocenters. The van der Waals surface area contributed by atoms with Gasteiger partial charge in [-0.1, -0.05) is 13.8 Å². The standard InChI is InChI=1S/C21H28N2O3/c1-14(2)11-18(23-9-5-6-10-23)21(24)22-17-8-7-15-12-19(25-3)20(26-4)13-16(15)17/h5-6,9-10,12-14,17-18H,7-8,11H2,1-4H3,(H,22,24)/t17-,18+/m0/s1. The minimum atomic E-state index is -0.186. The average Bonchev–Trinajstić information content (AvgIpc) is 3.28. The highest BCUT2D eigenvalue weighted by Gasteiger charge is 2.29. The van der Waals surface area contributed by atoms with Crippen molar-refractivity contribution in [3.05, 3.63) is 47.8 Å². The number of nitrogens with one attached hydrogen (secondary N) is 1. The van der Waals surface area contributed by atoms with Gasteiger partial charge in [0.2, 0.25) is 5.91 Å². The number of methoxy groups -OCH3 is 2. The highest BCUT2D eigenvalue weighted by Crippen LogP contribution is 2.39. The second-order valence-corrected chi connectivity index (χ2v) is 7.28. The molecule has 0 bridgehead atoms. The van der Waals surface area contributed by atoms with Gasteiger partial charge in [0.05, 0.1) is 20.3 Å². The Kier molecular flexibility index (Phi) is 5.55. The van der Waals surface area contributed by atoms with E-state index in [-0.39, 0.29) is 18.0 Å². The second-order valence-electron chi connectivity index (χ2n) is 7.28. The molecule has 140 valence electrons. The van der Waals surface area contributed by atoms with E-state index in [2.05, 4.69) is 19.2 Å². The SMILES string of the molecule is COc1cc2c(cc1OC)[C@@H](NC(=O)[C@@H](CC(C)C)n1cccc1)CC2. The fourth-order valence-electron chi connectivity index (χ4n) is 3.72. The summed E-state index contributed by atoms with van der Waals surface area (Å²) in [5.74, 6) is 1.95. The van der Waals surface area contributed by atoms with Gasteiger partial charge in [-0.3, -0.25) is 4.79 Å². The van der Waals surface area contributed by atoms with Crippen molar-refractivity contribution in [1.82, 2.24) is 9.88 Å². The molecule has 1 aliphatic rings. The number of aryl methyl sites for hydroxylation is 1. The monoisotopic (exact) mass is 356 g/mol. The minimum absolute atomic E-state index is 0.0162. The first kappa shape index (κ1) is 18.4. The highest BCUT2D eigenvalue weighted by molar-refractivity contribution is 5.81. The molecule has 1 aromatic heterocycles. The van der Waals surface area contributed by atoms with E-state index in [0.717, 1.165) is 30.6 Å². The van der Waals surface area contributed by atoms with Gasteiger partial charge in [-0.25, -0.2) is 0 Å². The Morgan fingerprint density at radius 1 is 1.19 bits per heavy atom. The number of benzene rings is 1. The Morgan fingerprint density at radius 3 is 2.46 bits per heavy atom. The van der Waals surface area contributed by atoms with Crippen molar-refractivity contribution in [2.24, 2.45) is 5.92 Å². The zero-order valence-corrected chi connectivity index (χ0v) is 16.0. The van der Waals surface area contributed by atoms with Crippen LogP contribution in [0.15, 0.2) is 36.7 Å². The van der Waals surface area contributed by atoms with E-state index < -0.39 is 0 Å². The molecule has 5 nitrogen and oxygen atoms in total. The highest BCUT2D eigenvalue weighted by atomic mass is 16.5. The Hall–Kier alpha value is -2.43. The predicted molar refractivity (Wildman–Crippen MR) is 102 cm³/mol. The number of ether oxygens (including phenoxy) is 2. The van der Waals surface area contributed by atoms with E-state index in [1.54, 1.807) is 14.2 Å². The number of aromatic nitrogens is 1. The van der Waals surface area contributed by atoms with E-state index in [1.807, 2.05) is 41.2 Å². The van der Waals surface area contributed by atoms with Crippen LogP contribution in [-0.2, 0) is 11.2 Å². The van der Waals surface area contributed by atoms with Crippen LogP contribution in [0.5, 0.6) is 11.5 Å². The average molecular weight is 356 g/mol. The molecule has 3 rings (SSSR count). The number of hydrogen-bond acceptors (Lipinski definition) is 3. The first-order chi connectivity index (χ1) is 12.5. The lowest BCUT2D eigenvalue weighted by molar-refractivity contribution is -0.125. The fourth-order valence-corrected chi connectivity index (χ4v) is 3.72. The first-order valence-electron chi connectivity index (χ1n) is 9.21. The molecule has 1 aromatic carbocycles. The number of amides is 1. The van der Waals surface area contributed by atoms with Crippen molar-refractivity contribution in [2.75, 3.05) is 14.2 Å². The van der Waals surface area contributed by atoms with Crippen LogP contribution in [0.3, 0.4) is 0 Å². The molecule has 26 heavy (non-hydrogen) atoms. The van der Waals surface area contributed by atoms with Crippen LogP contribution in [0.4, 0.5) is 0 Å². The summed E-state index contributed by atoms with van der Waals surface area (Å²) in [5, 5.41) is 3.26. The van der Waals surface area contributed by atoms with Gasteiger partial charge in [0, 0.05) is 12.4 Å². The zero-order valence-electron chi connectivity index (χ0n) is 16.0. The van der Waals surface area contributed by atoms with E-state index in [1.165, 1.54) is 5.56 Å². The third-order valence-electron chi connectivity index (χ3n) is 5.02. The van der Waals surface area contributed by atoms with Gasteiger partial charge < -0.3 is 19.4 Å². The normalized spacial score (nSPS) is 17.0. The summed E-state index contributed by atoms with van der Waals surface area (Å²) in [7, 11) is 3.28. The summed E-state index contributed by atoms with van der Waals surface area (Å²) in [5.41, 5.74) is 2.35. The molecule has 0 saturated carbocycles. The van der Waals surface area contributed by atoms with Gasteiger partial charge in [-0.15, -0.1) is 0 Å². The molecule has 0 radical (unpaired) electrons. The summed E-state index contributed by atoms with van der Waals surface area (Å²) in [6, 6.07) is 7.78. The van der Waals surface area contributed by atoms with E-state index in [9.17, 15) is 4.79 Å². The molecule has 0 saturated heterocycles.